The second-order valence-electron chi connectivity index (χ2n) is 0.346. The molecule has 0 unspecified atom stereocenters. The Kier molecular flexibility index (Phi) is 26.0. The summed E-state index contributed by atoms with van der Waals surface area (Å²) in [4.78, 5) is 0. The molecule has 0 bridgehead atoms. The Morgan fingerprint density at radius 1 is 1.17 bits per heavy atom. The maximum Gasteiger partial charge on any atom is 2.00 e. The fourth-order valence-electron chi connectivity index (χ4n) is 0. The second-order valence-corrected chi connectivity index (χ2v) is 0.346. The van der Waals surface area contributed by atoms with Crippen LogP contribution < -0.4 is 0 Å². The quantitative estimate of drug-likeness (QED) is 0.360. The van der Waals surface area contributed by atoms with Gasteiger partial charge in [-0.05, 0) is 0 Å². The Labute approximate surface area is 81.7 Å². The summed E-state index contributed by atoms with van der Waals surface area (Å²) in [6.45, 7) is 0. The van der Waals surface area contributed by atoms with Gasteiger partial charge in [-0.1, -0.05) is 0 Å². The molecule has 0 fully saturated rings. The molecule has 0 aromatic carbocycles. The molecule has 3 nitrogen and oxygen atoms in total. The average Bonchev–Trinajstić information content (AvgIpc) is 0.811. The van der Waals surface area contributed by atoms with E-state index in [0.717, 1.165) is 0 Å². The van der Waals surface area contributed by atoms with Crippen molar-refractivity contribution in [2.75, 3.05) is 0 Å². The van der Waals surface area contributed by atoms with Gasteiger partial charge < -0.3 is 17.9 Å². The van der Waals surface area contributed by atoms with Crippen LogP contribution in [0.2, 0.25) is 0 Å². The topological polar surface area (TPSA) is 60.7 Å². The monoisotopic (exact) mass is 168 g/mol. The summed E-state index contributed by atoms with van der Waals surface area (Å²) in [6, 6.07) is 0. The van der Waals surface area contributed by atoms with Gasteiger partial charge in [0.15, 0.2) is 0 Å². The zero-order valence-electron chi connectivity index (χ0n) is 5.33. The molecule has 0 rings (SSSR count). The van der Waals surface area contributed by atoms with Crippen molar-refractivity contribution in [1.82, 2.24) is 0 Å². The van der Waals surface area contributed by atoms with E-state index in [1.54, 1.807) is 0 Å². The van der Waals surface area contributed by atoms with Crippen molar-refractivity contribution in [3.8, 4) is 0 Å². The van der Waals surface area contributed by atoms with E-state index in [2.05, 4.69) is 0 Å². The van der Waals surface area contributed by atoms with Crippen LogP contribution in [0, 0.1) is 0 Å². The van der Waals surface area contributed by atoms with Crippen molar-refractivity contribution in [2.24, 2.45) is 0 Å². The van der Waals surface area contributed by atoms with Gasteiger partial charge in [0.2, 0.25) is 0 Å². The third-order valence-corrected chi connectivity index (χ3v) is 0. The Morgan fingerprint density at radius 3 is 1.17 bits per heavy atom. The summed E-state index contributed by atoms with van der Waals surface area (Å²) in [7, 11) is -2.17. The molecule has 0 aromatic heterocycles. The molecule has 3 N–H and O–H groups in total. The first-order chi connectivity index (χ1) is 1.73. The van der Waals surface area contributed by atoms with Crippen molar-refractivity contribution >= 4 is 45.1 Å². The van der Waals surface area contributed by atoms with Crippen molar-refractivity contribution in [3.63, 3.8) is 0 Å². The van der Waals surface area contributed by atoms with Gasteiger partial charge in [-0.15, -0.1) is 0 Å². The predicted molar refractivity (Wildman–Crippen MR) is 20.4 cm³/mol. The second kappa shape index (κ2) is 9.95. The molecule has 0 aromatic rings. The maximum absolute atomic E-state index is 7.17. The van der Waals surface area contributed by atoms with Gasteiger partial charge >= 0.3 is 45.1 Å². The zero-order valence-corrected chi connectivity index (χ0v) is 8.51. The average molecular weight is 169 g/mol. The molecule has 0 aliphatic rings. The standard InChI is InChI=1S/BH3O3.Ca.Zn.2H/c2-1(3)4;;;;/h2-4H;;;;/q;+2;;2*-1. The molecule has 0 aliphatic heterocycles. The summed E-state index contributed by atoms with van der Waals surface area (Å²) in [5.41, 5.74) is 0. The van der Waals surface area contributed by atoms with E-state index in [1.807, 2.05) is 0 Å². The van der Waals surface area contributed by atoms with Crippen molar-refractivity contribution in [1.29, 1.82) is 0 Å². The summed E-state index contributed by atoms with van der Waals surface area (Å²) < 4.78 is 0. The van der Waals surface area contributed by atoms with Crippen molar-refractivity contribution in [3.05, 3.63) is 0 Å². The molecule has 0 atom stereocenters. The van der Waals surface area contributed by atoms with Crippen molar-refractivity contribution < 1.29 is 37.4 Å². The zero-order chi connectivity index (χ0) is 3.58. The van der Waals surface area contributed by atoms with E-state index in [9.17, 15) is 0 Å². The summed E-state index contributed by atoms with van der Waals surface area (Å²) in [5.74, 6) is 0. The molecule has 6 heavy (non-hydrogen) atoms. The Bertz CT molecular complexity index is 22.0. The SMILES string of the molecule is OB(O)O.[Ca+2].[H-].[H-].[Zn]. The maximum atomic E-state index is 7.17. The molecular weight excluding hydrogens is 164 g/mol. The molecule has 0 radical (unpaired) electrons. The van der Waals surface area contributed by atoms with Crippen LogP contribution in [0.5, 0.6) is 0 Å². The number of rotatable bonds is 0. The molecule has 0 saturated heterocycles. The minimum atomic E-state index is -2.17. The van der Waals surface area contributed by atoms with Crippen LogP contribution in [0.4, 0.5) is 0 Å². The smallest absolute Gasteiger partial charge is 1.00 e. The molecule has 0 spiro atoms. The minimum Gasteiger partial charge on any atom is -1.00 e. The third kappa shape index (κ3) is 40.7. The minimum absolute atomic E-state index is 0. The summed E-state index contributed by atoms with van der Waals surface area (Å²) >= 11 is 0. The van der Waals surface area contributed by atoms with Gasteiger partial charge in [-0.2, -0.15) is 0 Å². The van der Waals surface area contributed by atoms with Crippen LogP contribution in [-0.4, -0.2) is 60.1 Å². The molecule has 6 heteroatoms. The largest absolute Gasteiger partial charge is 2.00 e. The van der Waals surface area contributed by atoms with Gasteiger partial charge in [0.05, 0.1) is 0 Å². The first-order valence-electron chi connectivity index (χ1n) is 0.775. The predicted octanol–water partition coefficient (Wildman–Crippen LogP) is -2.21. The van der Waals surface area contributed by atoms with E-state index in [1.165, 1.54) is 0 Å². The first-order valence-corrected chi connectivity index (χ1v) is 0.775. The molecular formula is H5BCaO3Zn. The number of hydrogen-bond donors (Lipinski definition) is 3. The van der Waals surface area contributed by atoms with Gasteiger partial charge in [0, 0.05) is 19.5 Å². The first kappa shape index (κ1) is 15.7. The van der Waals surface area contributed by atoms with Crippen LogP contribution in [0.25, 0.3) is 0 Å². The van der Waals surface area contributed by atoms with E-state index in [0.29, 0.717) is 0 Å². The van der Waals surface area contributed by atoms with Crippen LogP contribution in [0.1, 0.15) is 2.85 Å². The van der Waals surface area contributed by atoms with Gasteiger partial charge in [0.1, 0.15) is 0 Å². The molecule has 0 heterocycles. The van der Waals surface area contributed by atoms with Crippen LogP contribution >= 0.6 is 0 Å². The number of hydrogen-bond acceptors (Lipinski definition) is 3. The van der Waals surface area contributed by atoms with Crippen LogP contribution in [-0.2, 0) is 19.5 Å². The van der Waals surface area contributed by atoms with Gasteiger partial charge in [0.25, 0.3) is 0 Å². The van der Waals surface area contributed by atoms with E-state index >= 15 is 0 Å². The van der Waals surface area contributed by atoms with Gasteiger partial charge in [-0.25, -0.2) is 0 Å². The Morgan fingerprint density at radius 2 is 1.17 bits per heavy atom. The van der Waals surface area contributed by atoms with E-state index in [4.69, 9.17) is 15.1 Å². The van der Waals surface area contributed by atoms with Crippen molar-refractivity contribution in [2.45, 2.75) is 0 Å². The molecule has 0 aliphatic carbocycles. The Hall–Kier alpha value is 1.83. The fraction of sp³-hybridized carbons (Fsp3) is 0. The molecule has 0 amide bonds. The van der Waals surface area contributed by atoms with E-state index in [-0.39, 0.29) is 60.1 Å². The van der Waals surface area contributed by atoms with Crippen LogP contribution in [0.15, 0.2) is 0 Å². The normalized spacial score (nSPS) is 4.50. The molecule has 0 saturated carbocycles. The fourth-order valence-corrected chi connectivity index (χ4v) is 0. The van der Waals surface area contributed by atoms with E-state index < -0.39 is 7.32 Å². The van der Waals surface area contributed by atoms with Crippen LogP contribution in [0.3, 0.4) is 0 Å². The molecule has 30 valence electrons. The van der Waals surface area contributed by atoms with Gasteiger partial charge in [-0.3, -0.25) is 0 Å². The third-order valence-electron chi connectivity index (χ3n) is 0. The summed E-state index contributed by atoms with van der Waals surface area (Å²) in [6.07, 6.45) is 0. The summed E-state index contributed by atoms with van der Waals surface area (Å²) in [5, 5.41) is 21.5. The Balaban J connectivity index is -0.00000000750.